The summed E-state index contributed by atoms with van der Waals surface area (Å²) in [6.45, 7) is 47.2. The first-order valence-corrected chi connectivity index (χ1v) is 36.2. The normalized spacial score (nSPS) is 31.4. The highest BCUT2D eigenvalue weighted by Crippen LogP contribution is 2.65. The quantitative estimate of drug-likeness (QED) is 0.102. The van der Waals surface area contributed by atoms with Crippen LogP contribution in [0.2, 0.25) is 0 Å². The molecule has 0 aromatic carbocycles. The summed E-state index contributed by atoms with van der Waals surface area (Å²) in [5.41, 5.74) is -2.64. The van der Waals surface area contributed by atoms with Crippen LogP contribution in [0.3, 0.4) is 0 Å². The lowest BCUT2D eigenvalue weighted by Crippen LogP contribution is -2.58. The van der Waals surface area contributed by atoms with Crippen LogP contribution < -0.4 is 0 Å². The second-order valence-corrected chi connectivity index (χ2v) is 35.6. The van der Waals surface area contributed by atoms with E-state index in [4.69, 9.17) is 23.7 Å². The number of carbonyl (C=O) groups is 5. The third-order valence-corrected chi connectivity index (χ3v) is 25.5. The molecule has 0 aromatic rings. The number of ether oxygens (including phenoxy) is 5. The lowest BCUT2D eigenvalue weighted by molar-refractivity contribution is -0.211. The van der Waals surface area contributed by atoms with Gasteiger partial charge in [-0.1, -0.05) is 60.8 Å². The highest BCUT2D eigenvalue weighted by Gasteiger charge is 2.60. The molecule has 8 bridgehead atoms. The smallest absolute Gasteiger partial charge is 0.312 e. The van der Waals surface area contributed by atoms with E-state index in [1.54, 1.807) is 0 Å². The maximum Gasteiger partial charge on any atom is 0.312 e. The summed E-state index contributed by atoms with van der Waals surface area (Å²) in [5.74, 6) is 7.03. The van der Waals surface area contributed by atoms with Crippen molar-refractivity contribution in [3.8, 4) is 0 Å². The minimum atomic E-state index is -0.362. The first-order chi connectivity index (χ1) is 40.0. The van der Waals surface area contributed by atoms with E-state index < -0.39 is 0 Å². The SMILES string of the molecule is CCC(C)(C)C(=O)OC(C)(C)C12CC3CC(CC(C3)C1)C2.CCC(C)(C)C(=O)OC(C)(C)C1CCC(C)CC1.CCC(C)(C)C(=O)OC1(C)C2CC3CC(C2)CC1C3.CCC(C)(C)C(=O)OC1(C)CCCC1.CCC(C)(C)C(=O)OC1(C)CCCCC1. The molecule has 0 N–H and O–H groups in total. The van der Waals surface area contributed by atoms with Crippen LogP contribution in [0.5, 0.6) is 0 Å². The van der Waals surface area contributed by atoms with Gasteiger partial charge < -0.3 is 23.7 Å². The standard InChI is InChI=1S/C19H32O2.C17H28O2.C16H30O2.C13H24O2.C12H22O2/c1-6-17(2,3)16(20)21-18(4,5)19-10-13-7-14(11-19)9-15(8-13)12-19;1-5-16(2,3)15(18)19-17(4)13-7-11-6-12(9-13)10-14(17)8-11;1-7-15(3,4)14(17)18-16(5,6)13-10-8-12(2)9-11-13;1-5-12(2,3)11(14)15-13(4)9-7-6-8-10-13;1-5-11(2,3)10(13)14-12(4)8-6-7-9-12/h13-15H,6-12H2,1-5H3;11-14H,5-10H2,1-4H3;12-13H,7-11H2,1-6H3;5-10H2,1-4H3;5-9H2,1-4H3. The number of esters is 5. The molecule has 11 rings (SSSR count). The van der Waals surface area contributed by atoms with E-state index in [1.807, 2.05) is 90.0 Å². The number of carbonyl (C=O) groups excluding carboxylic acids is 5. The Balaban J connectivity index is 0.000000200. The molecule has 0 amide bonds. The lowest BCUT2D eigenvalue weighted by Gasteiger charge is -2.61. The molecule has 0 saturated heterocycles. The van der Waals surface area contributed by atoms with Gasteiger partial charge in [-0.15, -0.1) is 0 Å². The Hall–Kier alpha value is -2.65. The Bertz CT molecular complexity index is 2190. The molecule has 0 aliphatic heterocycles. The van der Waals surface area contributed by atoms with E-state index in [9.17, 15) is 24.0 Å². The summed E-state index contributed by atoms with van der Waals surface area (Å²) < 4.78 is 29.4. The maximum absolute atomic E-state index is 12.6. The summed E-state index contributed by atoms with van der Waals surface area (Å²) in [7, 11) is 0. The van der Waals surface area contributed by atoms with E-state index in [2.05, 4.69) is 69.2 Å². The Labute approximate surface area is 534 Å². The summed E-state index contributed by atoms with van der Waals surface area (Å²) in [4.78, 5) is 61.0. The third kappa shape index (κ3) is 19.0. The second-order valence-electron chi connectivity index (χ2n) is 35.6. The molecule has 11 aliphatic carbocycles. The molecule has 0 unspecified atom stereocenters. The predicted molar refractivity (Wildman–Crippen MR) is 355 cm³/mol. The van der Waals surface area contributed by atoms with Crippen molar-refractivity contribution in [2.45, 2.75) is 373 Å². The molecule has 0 aromatic heterocycles. The Kier molecular flexibility index (Phi) is 25.1. The summed E-state index contributed by atoms with van der Waals surface area (Å²) >= 11 is 0. The van der Waals surface area contributed by atoms with Gasteiger partial charge in [0.2, 0.25) is 0 Å². The molecule has 11 fully saturated rings. The molecule has 87 heavy (non-hydrogen) atoms. The summed E-state index contributed by atoms with van der Waals surface area (Å²) in [6, 6.07) is 0. The van der Waals surface area contributed by atoms with Crippen molar-refractivity contribution in [2.75, 3.05) is 0 Å². The van der Waals surface area contributed by atoms with Gasteiger partial charge >= 0.3 is 29.8 Å². The van der Waals surface area contributed by atoms with Gasteiger partial charge in [0.25, 0.3) is 0 Å². The van der Waals surface area contributed by atoms with Crippen LogP contribution in [-0.4, -0.2) is 57.9 Å². The summed E-state index contributed by atoms with van der Waals surface area (Å²) in [6.07, 6.45) is 34.0. The van der Waals surface area contributed by atoms with Gasteiger partial charge in [0, 0.05) is 5.41 Å². The highest BCUT2D eigenvalue weighted by atomic mass is 16.6. The minimum Gasteiger partial charge on any atom is -0.459 e. The zero-order chi connectivity index (χ0) is 65.6. The van der Waals surface area contributed by atoms with Gasteiger partial charge in [-0.25, -0.2) is 0 Å². The molecule has 0 atom stereocenters. The number of rotatable bonds is 17. The van der Waals surface area contributed by atoms with E-state index in [0.717, 1.165) is 93.3 Å². The van der Waals surface area contributed by atoms with Gasteiger partial charge in [0.05, 0.1) is 27.1 Å². The topological polar surface area (TPSA) is 132 Å². The largest absolute Gasteiger partial charge is 0.459 e. The monoisotopic (exact) mass is 1220 g/mol. The van der Waals surface area contributed by atoms with Crippen LogP contribution in [-0.2, 0) is 47.7 Å². The average Bonchev–Trinajstić information content (AvgIpc) is 0.999. The molecule has 0 radical (unpaired) electrons. The van der Waals surface area contributed by atoms with E-state index in [1.165, 1.54) is 128 Å². The van der Waals surface area contributed by atoms with Gasteiger partial charge in [0.15, 0.2) is 0 Å². The molecule has 0 heterocycles. The second kappa shape index (κ2) is 29.1. The molecular formula is C77H136O10. The van der Waals surface area contributed by atoms with Gasteiger partial charge in [0.1, 0.15) is 28.0 Å². The van der Waals surface area contributed by atoms with Crippen LogP contribution >= 0.6 is 0 Å². The maximum atomic E-state index is 12.6. The number of hydrogen-bond donors (Lipinski definition) is 0. The fourth-order valence-corrected chi connectivity index (χ4v) is 16.4. The molecule has 10 heteroatoms. The van der Waals surface area contributed by atoms with Crippen molar-refractivity contribution in [1.82, 2.24) is 0 Å². The average molecular weight is 1220 g/mol. The van der Waals surface area contributed by atoms with Crippen molar-refractivity contribution < 1.29 is 47.7 Å². The third-order valence-electron chi connectivity index (χ3n) is 25.5. The molecule has 11 aliphatic rings. The van der Waals surface area contributed by atoms with E-state index in [0.29, 0.717) is 17.8 Å². The van der Waals surface area contributed by atoms with E-state index in [-0.39, 0.29) is 90.3 Å². The Morgan fingerprint density at radius 3 is 1.02 bits per heavy atom. The van der Waals surface area contributed by atoms with Crippen LogP contribution in [0.1, 0.15) is 345 Å². The van der Waals surface area contributed by atoms with Gasteiger partial charge in [-0.05, 0) is 338 Å². The van der Waals surface area contributed by atoms with Crippen LogP contribution in [0.25, 0.3) is 0 Å². The van der Waals surface area contributed by atoms with Gasteiger partial charge in [-0.3, -0.25) is 24.0 Å². The fraction of sp³-hybridized carbons (Fsp3) is 0.935. The molecule has 0 spiro atoms. The molecule has 504 valence electrons. The first-order valence-electron chi connectivity index (χ1n) is 36.2. The van der Waals surface area contributed by atoms with Crippen molar-refractivity contribution in [1.29, 1.82) is 0 Å². The van der Waals surface area contributed by atoms with Crippen LogP contribution in [0.15, 0.2) is 0 Å². The predicted octanol–water partition coefficient (Wildman–Crippen LogP) is 20.7. The van der Waals surface area contributed by atoms with Crippen molar-refractivity contribution in [3.05, 3.63) is 0 Å². The van der Waals surface area contributed by atoms with Crippen molar-refractivity contribution in [3.63, 3.8) is 0 Å². The lowest BCUT2D eigenvalue weighted by atomic mass is 9.46. The first kappa shape index (κ1) is 75.1. The molecular weight excluding hydrogens is 1080 g/mol. The molecule has 11 saturated carbocycles. The summed E-state index contributed by atoms with van der Waals surface area (Å²) in [5, 5.41) is 0. The number of hydrogen-bond acceptors (Lipinski definition) is 10. The van der Waals surface area contributed by atoms with Crippen LogP contribution in [0.4, 0.5) is 0 Å². The Morgan fingerprint density at radius 1 is 0.379 bits per heavy atom. The fourth-order valence-electron chi connectivity index (χ4n) is 16.4. The van der Waals surface area contributed by atoms with E-state index >= 15 is 0 Å². The zero-order valence-electron chi connectivity index (χ0n) is 60.8. The minimum absolute atomic E-state index is 0.00857. The molecule has 10 nitrogen and oxygen atoms in total. The van der Waals surface area contributed by atoms with Crippen LogP contribution in [0, 0.1) is 85.8 Å². The highest BCUT2D eigenvalue weighted by molar-refractivity contribution is 5.78. The van der Waals surface area contributed by atoms with Gasteiger partial charge in [-0.2, -0.15) is 0 Å². The Morgan fingerprint density at radius 2 is 0.678 bits per heavy atom. The van der Waals surface area contributed by atoms with Crippen molar-refractivity contribution in [2.24, 2.45) is 85.8 Å². The van der Waals surface area contributed by atoms with Crippen molar-refractivity contribution >= 4 is 29.8 Å². The zero-order valence-corrected chi connectivity index (χ0v) is 60.8.